The van der Waals surface area contributed by atoms with Gasteiger partial charge in [-0.1, -0.05) is 0 Å². The first kappa shape index (κ1) is 14.4. The molecule has 3 rings (SSSR count). The predicted octanol–water partition coefficient (Wildman–Crippen LogP) is 3.52. The topological polar surface area (TPSA) is 36.4 Å². The summed E-state index contributed by atoms with van der Waals surface area (Å²) in [7, 11) is 3.33. The SMILES string of the molecule is CN(C)c1cc(F)c(-c2nc3c(s2)C(O)CCC3)cc1F. The molecule has 1 aliphatic rings. The van der Waals surface area contributed by atoms with Gasteiger partial charge in [0.1, 0.15) is 16.6 Å². The van der Waals surface area contributed by atoms with E-state index in [1.807, 2.05) is 0 Å². The Balaban J connectivity index is 2.07. The number of benzene rings is 1. The second-order valence-corrected chi connectivity index (χ2v) is 6.45. The summed E-state index contributed by atoms with van der Waals surface area (Å²) in [6.45, 7) is 0. The van der Waals surface area contributed by atoms with Crippen LogP contribution in [0.4, 0.5) is 14.5 Å². The van der Waals surface area contributed by atoms with Crippen molar-refractivity contribution in [3.63, 3.8) is 0 Å². The van der Waals surface area contributed by atoms with E-state index in [0.29, 0.717) is 11.4 Å². The van der Waals surface area contributed by atoms with Crippen molar-refractivity contribution in [2.24, 2.45) is 0 Å². The van der Waals surface area contributed by atoms with Crippen LogP contribution in [0.15, 0.2) is 12.1 Å². The fourth-order valence-corrected chi connectivity index (χ4v) is 3.71. The summed E-state index contributed by atoms with van der Waals surface area (Å²) in [6, 6.07) is 2.36. The van der Waals surface area contributed by atoms with Crippen molar-refractivity contribution in [3.8, 4) is 10.6 Å². The van der Waals surface area contributed by atoms with Crippen molar-refractivity contribution in [1.29, 1.82) is 0 Å². The summed E-state index contributed by atoms with van der Waals surface area (Å²) in [5, 5.41) is 10.4. The van der Waals surface area contributed by atoms with Gasteiger partial charge in [-0.25, -0.2) is 13.8 Å². The molecule has 1 atom stereocenters. The van der Waals surface area contributed by atoms with Gasteiger partial charge in [-0.15, -0.1) is 11.3 Å². The molecule has 0 fully saturated rings. The first-order chi connectivity index (χ1) is 9.97. The van der Waals surface area contributed by atoms with Crippen LogP contribution in [0.1, 0.15) is 29.5 Å². The molecule has 1 aromatic carbocycles. The lowest BCUT2D eigenvalue weighted by Crippen LogP contribution is -2.11. The van der Waals surface area contributed by atoms with Crippen molar-refractivity contribution in [2.45, 2.75) is 25.4 Å². The number of hydrogen-bond acceptors (Lipinski definition) is 4. The minimum atomic E-state index is -0.533. The Kier molecular flexibility index (Phi) is 3.67. The maximum absolute atomic E-state index is 14.2. The van der Waals surface area contributed by atoms with Gasteiger partial charge in [0.2, 0.25) is 0 Å². The van der Waals surface area contributed by atoms with Crippen molar-refractivity contribution >= 4 is 17.0 Å². The van der Waals surface area contributed by atoms with Crippen LogP contribution in [0, 0.1) is 11.6 Å². The Morgan fingerprint density at radius 3 is 2.71 bits per heavy atom. The molecule has 21 heavy (non-hydrogen) atoms. The third kappa shape index (κ3) is 2.53. The van der Waals surface area contributed by atoms with Crippen molar-refractivity contribution in [2.75, 3.05) is 19.0 Å². The molecular weight excluding hydrogens is 294 g/mol. The van der Waals surface area contributed by atoms with Crippen LogP contribution in [0.5, 0.6) is 0 Å². The maximum Gasteiger partial charge on any atom is 0.147 e. The molecule has 0 saturated carbocycles. The molecule has 0 bridgehead atoms. The minimum Gasteiger partial charge on any atom is -0.388 e. The number of aliphatic hydroxyl groups is 1. The molecule has 0 amide bonds. The molecule has 1 heterocycles. The first-order valence-electron chi connectivity index (χ1n) is 6.81. The quantitative estimate of drug-likeness (QED) is 0.922. The van der Waals surface area contributed by atoms with Gasteiger partial charge < -0.3 is 10.0 Å². The number of aliphatic hydroxyl groups excluding tert-OH is 1. The molecular formula is C15H16F2N2OS. The number of thiazole rings is 1. The van der Waals surface area contributed by atoms with Crippen LogP contribution < -0.4 is 4.90 Å². The monoisotopic (exact) mass is 310 g/mol. The molecule has 1 N–H and O–H groups in total. The summed E-state index contributed by atoms with van der Waals surface area (Å²) in [5.74, 6) is -0.981. The number of aromatic nitrogens is 1. The second kappa shape index (κ2) is 5.35. The number of anilines is 1. The highest BCUT2D eigenvalue weighted by atomic mass is 32.1. The first-order valence-corrected chi connectivity index (χ1v) is 7.63. The van der Waals surface area contributed by atoms with Gasteiger partial charge in [0.05, 0.1) is 22.4 Å². The molecule has 0 radical (unpaired) electrons. The molecule has 6 heteroatoms. The van der Waals surface area contributed by atoms with Crippen molar-refractivity contribution < 1.29 is 13.9 Å². The minimum absolute atomic E-state index is 0.157. The molecule has 0 saturated heterocycles. The molecule has 1 aliphatic carbocycles. The number of nitrogens with zero attached hydrogens (tertiary/aromatic N) is 2. The van der Waals surface area contributed by atoms with E-state index in [0.717, 1.165) is 23.4 Å². The fourth-order valence-electron chi connectivity index (χ4n) is 2.56. The second-order valence-electron chi connectivity index (χ2n) is 5.42. The van der Waals surface area contributed by atoms with E-state index in [2.05, 4.69) is 4.98 Å². The average molecular weight is 310 g/mol. The van der Waals surface area contributed by atoms with Crippen molar-refractivity contribution in [3.05, 3.63) is 34.3 Å². The van der Waals surface area contributed by atoms with Crippen LogP contribution in [0.25, 0.3) is 10.6 Å². The van der Waals surface area contributed by atoms with Gasteiger partial charge in [-0.3, -0.25) is 0 Å². The smallest absolute Gasteiger partial charge is 0.147 e. The lowest BCUT2D eigenvalue weighted by Gasteiger charge is -2.14. The van der Waals surface area contributed by atoms with Crippen LogP contribution in [0.2, 0.25) is 0 Å². The maximum atomic E-state index is 14.2. The number of fused-ring (bicyclic) bond motifs is 1. The van der Waals surface area contributed by atoms with Gasteiger partial charge >= 0.3 is 0 Å². The molecule has 2 aromatic rings. The van der Waals surface area contributed by atoms with E-state index in [1.54, 1.807) is 14.1 Å². The van der Waals surface area contributed by atoms with Gasteiger partial charge in [-0.2, -0.15) is 0 Å². The van der Waals surface area contributed by atoms with Gasteiger partial charge in [0.25, 0.3) is 0 Å². The third-order valence-corrected chi connectivity index (χ3v) is 4.90. The summed E-state index contributed by atoms with van der Waals surface area (Å²) in [5.41, 5.74) is 1.17. The van der Waals surface area contributed by atoms with Crippen LogP contribution in [-0.2, 0) is 6.42 Å². The van der Waals surface area contributed by atoms with Gasteiger partial charge in [-0.05, 0) is 25.3 Å². The highest BCUT2D eigenvalue weighted by molar-refractivity contribution is 7.15. The van der Waals surface area contributed by atoms with Crippen LogP contribution in [-0.4, -0.2) is 24.2 Å². The molecule has 112 valence electrons. The Hall–Kier alpha value is -1.53. The Morgan fingerprint density at radius 1 is 1.29 bits per heavy atom. The zero-order valence-corrected chi connectivity index (χ0v) is 12.7. The molecule has 0 spiro atoms. The van der Waals surface area contributed by atoms with E-state index in [1.165, 1.54) is 28.4 Å². The molecule has 1 unspecified atom stereocenters. The zero-order valence-electron chi connectivity index (χ0n) is 11.9. The average Bonchev–Trinajstić information content (AvgIpc) is 2.86. The van der Waals surface area contributed by atoms with E-state index < -0.39 is 17.7 Å². The van der Waals surface area contributed by atoms with E-state index in [-0.39, 0.29) is 11.3 Å². The van der Waals surface area contributed by atoms with Gasteiger partial charge in [0.15, 0.2) is 0 Å². The largest absolute Gasteiger partial charge is 0.388 e. The Bertz CT molecular complexity index is 685. The molecule has 0 aliphatic heterocycles. The lowest BCUT2D eigenvalue weighted by atomic mass is 10.0. The summed E-state index contributed by atoms with van der Waals surface area (Å²) < 4.78 is 28.3. The summed E-state index contributed by atoms with van der Waals surface area (Å²) in [6.07, 6.45) is 1.82. The highest BCUT2D eigenvalue weighted by Gasteiger charge is 2.24. The summed E-state index contributed by atoms with van der Waals surface area (Å²) >= 11 is 1.25. The molecule has 1 aromatic heterocycles. The number of halogens is 2. The predicted molar refractivity (Wildman–Crippen MR) is 79.7 cm³/mol. The zero-order chi connectivity index (χ0) is 15.1. The number of hydrogen-bond donors (Lipinski definition) is 1. The Morgan fingerprint density at radius 2 is 2.05 bits per heavy atom. The van der Waals surface area contributed by atoms with Crippen molar-refractivity contribution in [1.82, 2.24) is 4.98 Å². The normalized spacial score (nSPS) is 17.7. The van der Waals surface area contributed by atoms with E-state index >= 15 is 0 Å². The highest BCUT2D eigenvalue weighted by Crippen LogP contribution is 2.39. The number of rotatable bonds is 2. The summed E-state index contributed by atoms with van der Waals surface area (Å²) in [4.78, 5) is 6.70. The lowest BCUT2D eigenvalue weighted by molar-refractivity contribution is 0.160. The van der Waals surface area contributed by atoms with E-state index in [9.17, 15) is 13.9 Å². The standard InChI is InChI=1S/C15H16F2N2OS/c1-19(2)12-7-9(16)8(6-10(12)17)15-18-11-4-3-5-13(20)14(11)21-15/h6-7,13,20H,3-5H2,1-2H3. The van der Waals surface area contributed by atoms with E-state index in [4.69, 9.17) is 0 Å². The fraction of sp³-hybridized carbons (Fsp3) is 0.400. The molecule has 3 nitrogen and oxygen atoms in total. The van der Waals surface area contributed by atoms with Crippen LogP contribution >= 0.6 is 11.3 Å². The van der Waals surface area contributed by atoms with Crippen LogP contribution in [0.3, 0.4) is 0 Å². The number of aryl methyl sites for hydroxylation is 1. The Labute approximate surface area is 125 Å². The van der Waals surface area contributed by atoms with Gasteiger partial charge in [0, 0.05) is 25.7 Å². The third-order valence-electron chi connectivity index (χ3n) is 3.67.